The molecule has 0 aromatic heterocycles. The van der Waals surface area contributed by atoms with Crippen LogP contribution in [-0.4, -0.2) is 18.1 Å². The number of ether oxygens (including phenoxy) is 1. The maximum atomic E-state index is 6.11. The van der Waals surface area contributed by atoms with Gasteiger partial charge in [-0.2, -0.15) is 0 Å². The second kappa shape index (κ2) is 3.97. The number of hydrogen-bond donors (Lipinski definition) is 0. The van der Waals surface area contributed by atoms with Gasteiger partial charge in [0, 0.05) is 12.0 Å². The Labute approximate surface area is 79.4 Å². The molecule has 1 nitrogen and oxygen atoms in total. The van der Waals surface area contributed by atoms with Gasteiger partial charge in [0.15, 0.2) is 0 Å². The fourth-order valence-corrected chi connectivity index (χ4v) is 2.71. The molecular weight excluding hydrogens is 172 g/mol. The molecule has 1 aliphatic carbocycles. The minimum atomic E-state index is 0.379. The second-order valence-electron chi connectivity index (χ2n) is 4.08. The van der Waals surface area contributed by atoms with E-state index in [9.17, 15) is 0 Å². The number of rotatable bonds is 1. The van der Waals surface area contributed by atoms with E-state index in [0.717, 1.165) is 25.4 Å². The largest absolute Gasteiger partial charge is 0.378 e. The summed E-state index contributed by atoms with van der Waals surface area (Å²) in [6.07, 6.45) is 8.16. The van der Waals surface area contributed by atoms with Crippen molar-refractivity contribution in [1.82, 2.24) is 0 Å². The minimum Gasteiger partial charge on any atom is -0.378 e. The van der Waals surface area contributed by atoms with Gasteiger partial charge >= 0.3 is 0 Å². The highest BCUT2D eigenvalue weighted by Crippen LogP contribution is 2.34. The van der Waals surface area contributed by atoms with Gasteiger partial charge in [0.1, 0.15) is 0 Å². The maximum absolute atomic E-state index is 6.11. The van der Waals surface area contributed by atoms with Crippen LogP contribution in [0.2, 0.25) is 0 Å². The van der Waals surface area contributed by atoms with Crippen molar-refractivity contribution >= 4 is 11.6 Å². The first-order valence-electron chi connectivity index (χ1n) is 5.12. The Kier molecular flexibility index (Phi) is 2.92. The molecular formula is C10H17ClO. The molecule has 0 aromatic rings. The predicted molar refractivity (Wildman–Crippen MR) is 50.6 cm³/mol. The van der Waals surface area contributed by atoms with Gasteiger partial charge in [-0.05, 0) is 31.6 Å². The zero-order valence-electron chi connectivity index (χ0n) is 7.47. The molecule has 12 heavy (non-hydrogen) atoms. The average Bonchev–Trinajstić information content (AvgIpc) is 2.56. The Morgan fingerprint density at radius 3 is 2.50 bits per heavy atom. The van der Waals surface area contributed by atoms with Crippen LogP contribution in [0.25, 0.3) is 0 Å². The van der Waals surface area contributed by atoms with Crippen molar-refractivity contribution in [2.45, 2.75) is 50.0 Å². The van der Waals surface area contributed by atoms with Crippen LogP contribution in [0.1, 0.15) is 38.5 Å². The van der Waals surface area contributed by atoms with Crippen LogP contribution < -0.4 is 0 Å². The molecule has 1 aliphatic heterocycles. The lowest BCUT2D eigenvalue weighted by Gasteiger charge is -2.30. The summed E-state index contributed by atoms with van der Waals surface area (Å²) >= 11 is 6.11. The summed E-state index contributed by atoms with van der Waals surface area (Å²) in [5.74, 6) is 0.826. The third-order valence-corrected chi connectivity index (χ3v) is 3.57. The van der Waals surface area contributed by atoms with Crippen molar-refractivity contribution in [1.29, 1.82) is 0 Å². The van der Waals surface area contributed by atoms with E-state index in [0.29, 0.717) is 11.5 Å². The van der Waals surface area contributed by atoms with Crippen LogP contribution in [0.3, 0.4) is 0 Å². The summed E-state index contributed by atoms with van der Waals surface area (Å²) in [5.41, 5.74) is 0. The van der Waals surface area contributed by atoms with Crippen molar-refractivity contribution < 1.29 is 4.74 Å². The van der Waals surface area contributed by atoms with Crippen LogP contribution in [0, 0.1) is 5.92 Å². The van der Waals surface area contributed by atoms with Gasteiger partial charge in [0.2, 0.25) is 0 Å². The van der Waals surface area contributed by atoms with E-state index in [-0.39, 0.29) is 0 Å². The van der Waals surface area contributed by atoms with Gasteiger partial charge in [0.25, 0.3) is 0 Å². The molecule has 70 valence electrons. The molecule has 2 fully saturated rings. The SMILES string of the molecule is ClC1CCOC(C2CCCC2)C1. The second-order valence-corrected chi connectivity index (χ2v) is 4.69. The van der Waals surface area contributed by atoms with E-state index in [1.165, 1.54) is 25.7 Å². The molecule has 0 radical (unpaired) electrons. The van der Waals surface area contributed by atoms with E-state index in [2.05, 4.69) is 0 Å². The van der Waals surface area contributed by atoms with E-state index in [1.54, 1.807) is 0 Å². The zero-order valence-corrected chi connectivity index (χ0v) is 8.22. The van der Waals surface area contributed by atoms with E-state index < -0.39 is 0 Å². The van der Waals surface area contributed by atoms with Crippen molar-refractivity contribution in [2.75, 3.05) is 6.61 Å². The van der Waals surface area contributed by atoms with Crippen LogP contribution in [0.15, 0.2) is 0 Å². The fourth-order valence-electron chi connectivity index (χ4n) is 2.44. The summed E-state index contributed by atoms with van der Waals surface area (Å²) in [6, 6.07) is 0. The standard InChI is InChI=1S/C10H17ClO/c11-9-5-6-12-10(7-9)8-3-1-2-4-8/h8-10H,1-7H2. The summed E-state index contributed by atoms with van der Waals surface area (Å²) in [7, 11) is 0. The van der Waals surface area contributed by atoms with Crippen LogP contribution in [0.4, 0.5) is 0 Å². The summed E-state index contributed by atoms with van der Waals surface area (Å²) in [4.78, 5) is 0. The normalized spacial score (nSPS) is 38.8. The van der Waals surface area contributed by atoms with Crippen molar-refractivity contribution in [2.24, 2.45) is 5.92 Å². The average molecular weight is 189 g/mol. The quantitative estimate of drug-likeness (QED) is 0.575. The summed E-state index contributed by atoms with van der Waals surface area (Å²) in [5, 5.41) is 0.379. The zero-order chi connectivity index (χ0) is 8.39. The molecule has 0 N–H and O–H groups in total. The van der Waals surface area contributed by atoms with Crippen LogP contribution in [-0.2, 0) is 4.74 Å². The molecule has 2 unspecified atom stereocenters. The Morgan fingerprint density at radius 2 is 1.83 bits per heavy atom. The summed E-state index contributed by atoms with van der Waals surface area (Å²) < 4.78 is 5.75. The first kappa shape index (κ1) is 8.83. The molecule has 2 rings (SSSR count). The van der Waals surface area contributed by atoms with Gasteiger partial charge < -0.3 is 4.74 Å². The van der Waals surface area contributed by atoms with Gasteiger partial charge in [-0.15, -0.1) is 11.6 Å². The lowest BCUT2D eigenvalue weighted by atomic mass is 9.94. The van der Waals surface area contributed by atoms with E-state index in [4.69, 9.17) is 16.3 Å². The molecule has 0 amide bonds. The van der Waals surface area contributed by atoms with E-state index in [1.807, 2.05) is 0 Å². The molecule has 0 aromatic carbocycles. The Morgan fingerprint density at radius 1 is 1.08 bits per heavy atom. The number of hydrogen-bond acceptors (Lipinski definition) is 1. The lowest BCUT2D eigenvalue weighted by molar-refractivity contribution is -0.0173. The van der Waals surface area contributed by atoms with Crippen molar-refractivity contribution in [3.63, 3.8) is 0 Å². The van der Waals surface area contributed by atoms with Crippen molar-refractivity contribution in [3.05, 3.63) is 0 Å². The maximum Gasteiger partial charge on any atom is 0.0617 e. The Bertz CT molecular complexity index is 143. The van der Waals surface area contributed by atoms with Gasteiger partial charge in [-0.3, -0.25) is 0 Å². The smallest absolute Gasteiger partial charge is 0.0617 e. The third-order valence-electron chi connectivity index (χ3n) is 3.18. The highest BCUT2D eigenvalue weighted by atomic mass is 35.5. The predicted octanol–water partition coefficient (Wildman–Crippen LogP) is 2.96. The third kappa shape index (κ3) is 1.94. The molecule has 2 aliphatic rings. The molecule has 1 saturated carbocycles. The number of alkyl halides is 1. The van der Waals surface area contributed by atoms with Crippen LogP contribution >= 0.6 is 11.6 Å². The Hall–Kier alpha value is 0.250. The van der Waals surface area contributed by atoms with Gasteiger partial charge in [0.05, 0.1) is 6.10 Å². The number of halogens is 1. The molecule has 0 bridgehead atoms. The first-order chi connectivity index (χ1) is 5.86. The molecule has 0 spiro atoms. The molecule has 2 atom stereocenters. The highest BCUT2D eigenvalue weighted by Gasteiger charge is 2.30. The first-order valence-corrected chi connectivity index (χ1v) is 5.55. The minimum absolute atomic E-state index is 0.379. The van der Waals surface area contributed by atoms with Gasteiger partial charge in [-0.1, -0.05) is 12.8 Å². The molecule has 1 saturated heterocycles. The molecule has 1 heterocycles. The van der Waals surface area contributed by atoms with Gasteiger partial charge in [-0.25, -0.2) is 0 Å². The van der Waals surface area contributed by atoms with Crippen LogP contribution in [0.5, 0.6) is 0 Å². The van der Waals surface area contributed by atoms with Crippen molar-refractivity contribution in [3.8, 4) is 0 Å². The monoisotopic (exact) mass is 188 g/mol. The topological polar surface area (TPSA) is 9.23 Å². The fraction of sp³-hybridized carbons (Fsp3) is 1.00. The Balaban J connectivity index is 1.85. The summed E-state index contributed by atoms with van der Waals surface area (Å²) in [6.45, 7) is 0.884. The highest BCUT2D eigenvalue weighted by molar-refractivity contribution is 6.20. The molecule has 2 heteroatoms. The lowest BCUT2D eigenvalue weighted by Crippen LogP contribution is -2.31. The van der Waals surface area contributed by atoms with E-state index >= 15 is 0 Å².